The first-order valence-corrected chi connectivity index (χ1v) is 11.3. The molecule has 0 unspecified atom stereocenters. The first-order chi connectivity index (χ1) is 14.2. The highest BCUT2D eigenvalue weighted by Gasteiger charge is 2.59. The van der Waals surface area contributed by atoms with Gasteiger partial charge in [0, 0.05) is 17.5 Å². The van der Waals surface area contributed by atoms with Crippen LogP contribution in [0.5, 0.6) is 0 Å². The van der Waals surface area contributed by atoms with Gasteiger partial charge in [0.2, 0.25) is 0 Å². The Balaban J connectivity index is 0.000000469. The van der Waals surface area contributed by atoms with Gasteiger partial charge in [-0.2, -0.15) is 0 Å². The Hall–Kier alpha value is -1.67. The molecule has 172 valence electrons. The minimum Gasteiger partial charge on any atom is -0.473 e. The molecule has 3 saturated carbocycles. The molecule has 3 aliphatic rings. The van der Waals surface area contributed by atoms with Crippen LogP contribution in [0, 0.1) is 23.2 Å². The number of carboxylic acids is 2. The molecule has 8 heteroatoms. The molecule has 8 nitrogen and oxygen atoms in total. The van der Waals surface area contributed by atoms with Crippen molar-refractivity contribution < 1.29 is 29.7 Å². The largest absolute Gasteiger partial charge is 0.473 e. The molecule has 0 heterocycles. The van der Waals surface area contributed by atoms with E-state index in [4.69, 9.17) is 30.4 Å². The predicted molar refractivity (Wildman–Crippen MR) is 113 cm³/mol. The zero-order chi connectivity index (χ0) is 22.2. The quantitative estimate of drug-likeness (QED) is 0.221. The van der Waals surface area contributed by atoms with E-state index in [-0.39, 0.29) is 5.41 Å². The van der Waals surface area contributed by atoms with E-state index in [0.29, 0.717) is 19.1 Å². The fraction of sp³-hybridized carbons (Fsp3) is 0.864. The summed E-state index contributed by atoms with van der Waals surface area (Å²) in [7, 11) is 0. The van der Waals surface area contributed by atoms with Crippen LogP contribution in [0.4, 0.5) is 0 Å². The number of carbonyl (C=O) groups is 2. The Kier molecular flexibility index (Phi) is 9.09. The lowest BCUT2D eigenvalue weighted by Crippen LogP contribution is -2.51. The summed E-state index contributed by atoms with van der Waals surface area (Å²) in [4.78, 5) is 23.5. The maximum absolute atomic E-state index is 11.5. The monoisotopic (exact) mass is 426 g/mol. The molecule has 3 rings (SSSR count). The Morgan fingerprint density at radius 3 is 2.33 bits per heavy atom. The van der Waals surface area contributed by atoms with Crippen LogP contribution in [-0.2, 0) is 14.4 Å². The molecular formula is C22H38N2O6. The summed E-state index contributed by atoms with van der Waals surface area (Å²) in [5.74, 6) is -1.71. The maximum Gasteiger partial charge on any atom is 0.414 e. The van der Waals surface area contributed by atoms with Gasteiger partial charge in [0.15, 0.2) is 0 Å². The summed E-state index contributed by atoms with van der Waals surface area (Å²) in [5.41, 5.74) is 4.94. The second-order valence-corrected chi connectivity index (χ2v) is 9.34. The molecule has 4 atom stereocenters. The van der Waals surface area contributed by atoms with E-state index in [1.165, 1.54) is 38.5 Å². The lowest BCUT2D eigenvalue weighted by molar-refractivity contribution is -0.159. The molecule has 0 saturated heterocycles. The molecule has 0 bridgehead atoms. The zero-order valence-electron chi connectivity index (χ0n) is 18.1. The molecule has 0 spiro atoms. The van der Waals surface area contributed by atoms with Crippen molar-refractivity contribution >= 4 is 18.2 Å². The Labute approximate surface area is 178 Å². The second kappa shape index (κ2) is 11.1. The van der Waals surface area contributed by atoms with Gasteiger partial charge in [0.05, 0.1) is 5.60 Å². The standard InChI is InChI=1S/C20H36N2O2.C2H2O4/c1-19-10-8-17(16-6-3-2-4-7-16)14-20(19,23)11-9-18(19)15-22-24-13-5-12-21;3-1(4)2(5)6/h15-18,23H,2-14,21H2,1H3;(H,3,4)(H,5,6)/t17-,18+,19+,20-;/m0./s1. The lowest BCUT2D eigenvalue weighted by Gasteiger charge is -2.50. The normalized spacial score (nSPS) is 34.1. The van der Waals surface area contributed by atoms with Crippen molar-refractivity contribution in [1.29, 1.82) is 0 Å². The maximum atomic E-state index is 11.5. The van der Waals surface area contributed by atoms with Gasteiger partial charge in [-0.15, -0.1) is 0 Å². The number of oxime groups is 1. The van der Waals surface area contributed by atoms with Crippen molar-refractivity contribution in [2.24, 2.45) is 34.1 Å². The summed E-state index contributed by atoms with van der Waals surface area (Å²) in [6, 6.07) is 0. The first-order valence-electron chi connectivity index (χ1n) is 11.3. The van der Waals surface area contributed by atoms with Crippen molar-refractivity contribution in [1.82, 2.24) is 0 Å². The highest BCUT2D eigenvalue weighted by Crippen LogP contribution is 2.60. The van der Waals surface area contributed by atoms with E-state index in [2.05, 4.69) is 12.1 Å². The van der Waals surface area contributed by atoms with Crippen LogP contribution in [-0.4, -0.2) is 52.2 Å². The molecule has 30 heavy (non-hydrogen) atoms. The molecule has 3 fully saturated rings. The number of aliphatic hydroxyl groups is 1. The van der Waals surface area contributed by atoms with Crippen molar-refractivity contribution in [3.63, 3.8) is 0 Å². The number of fused-ring (bicyclic) bond motifs is 1. The number of hydrogen-bond donors (Lipinski definition) is 4. The molecule has 3 aliphatic carbocycles. The summed E-state index contributed by atoms with van der Waals surface area (Å²) in [6.07, 6.45) is 15.2. The summed E-state index contributed by atoms with van der Waals surface area (Å²) in [6.45, 7) is 3.51. The molecule has 5 N–H and O–H groups in total. The van der Waals surface area contributed by atoms with Crippen LogP contribution < -0.4 is 5.73 Å². The Bertz CT molecular complexity index is 594. The first kappa shape index (κ1) is 24.6. The van der Waals surface area contributed by atoms with Crippen LogP contribution in [0.1, 0.15) is 77.6 Å². The number of hydrogen-bond acceptors (Lipinski definition) is 6. The molecule has 0 aromatic rings. The third-order valence-corrected chi connectivity index (χ3v) is 7.64. The number of nitrogens with zero attached hydrogens (tertiary/aromatic N) is 1. The highest BCUT2D eigenvalue weighted by molar-refractivity contribution is 6.27. The van der Waals surface area contributed by atoms with Gasteiger partial charge in [-0.05, 0) is 56.9 Å². The van der Waals surface area contributed by atoms with Gasteiger partial charge >= 0.3 is 11.9 Å². The van der Waals surface area contributed by atoms with Gasteiger partial charge in [-0.3, -0.25) is 0 Å². The summed E-state index contributed by atoms with van der Waals surface area (Å²) >= 11 is 0. The second-order valence-electron chi connectivity index (χ2n) is 9.34. The molecule has 0 aromatic carbocycles. The van der Waals surface area contributed by atoms with Crippen molar-refractivity contribution in [3.8, 4) is 0 Å². The van der Waals surface area contributed by atoms with Crippen LogP contribution in [0.25, 0.3) is 0 Å². The topological polar surface area (TPSA) is 142 Å². The van der Waals surface area contributed by atoms with Gasteiger partial charge in [-0.25, -0.2) is 9.59 Å². The summed E-state index contributed by atoms with van der Waals surface area (Å²) < 4.78 is 0. The van der Waals surface area contributed by atoms with Gasteiger partial charge in [-0.1, -0.05) is 44.2 Å². The van der Waals surface area contributed by atoms with Gasteiger partial charge in [0.1, 0.15) is 6.61 Å². The van der Waals surface area contributed by atoms with Gasteiger partial charge < -0.3 is 25.9 Å². The van der Waals surface area contributed by atoms with E-state index in [1.807, 2.05) is 6.21 Å². The van der Waals surface area contributed by atoms with E-state index in [9.17, 15) is 5.11 Å². The fourth-order valence-corrected chi connectivity index (χ4v) is 5.68. The fourth-order valence-electron chi connectivity index (χ4n) is 5.68. The Morgan fingerprint density at radius 2 is 1.73 bits per heavy atom. The number of nitrogens with two attached hydrogens (primary N) is 1. The average molecular weight is 427 g/mol. The number of rotatable bonds is 6. The lowest BCUT2D eigenvalue weighted by atomic mass is 9.57. The summed E-state index contributed by atoms with van der Waals surface area (Å²) in [5, 5.41) is 30.4. The number of aliphatic carboxylic acids is 2. The van der Waals surface area contributed by atoms with E-state index in [0.717, 1.165) is 43.9 Å². The smallest absolute Gasteiger partial charge is 0.414 e. The van der Waals surface area contributed by atoms with Crippen LogP contribution >= 0.6 is 0 Å². The molecular weight excluding hydrogens is 388 g/mol. The van der Waals surface area contributed by atoms with Crippen molar-refractivity contribution in [3.05, 3.63) is 0 Å². The number of carboxylic acid groups (broad SMARTS) is 2. The van der Waals surface area contributed by atoms with Crippen molar-refractivity contribution in [2.45, 2.75) is 83.2 Å². The van der Waals surface area contributed by atoms with Crippen molar-refractivity contribution in [2.75, 3.05) is 13.2 Å². The van der Waals surface area contributed by atoms with E-state index in [1.54, 1.807) is 0 Å². The van der Waals surface area contributed by atoms with Crippen LogP contribution in [0.3, 0.4) is 0 Å². The minimum atomic E-state index is -1.82. The SMILES string of the molecule is C[C@]12CC[C@H](C3CCCCC3)C[C@@]1(O)CC[C@@H]2C=NOCCCN.O=C(O)C(=O)O. The van der Waals surface area contributed by atoms with E-state index < -0.39 is 17.5 Å². The highest BCUT2D eigenvalue weighted by atomic mass is 16.6. The molecule has 0 radical (unpaired) electrons. The molecule has 0 amide bonds. The molecule has 0 aliphatic heterocycles. The third-order valence-electron chi connectivity index (χ3n) is 7.64. The predicted octanol–water partition coefficient (Wildman–Crippen LogP) is 3.02. The van der Waals surface area contributed by atoms with Crippen LogP contribution in [0.2, 0.25) is 0 Å². The average Bonchev–Trinajstić information content (AvgIpc) is 2.99. The van der Waals surface area contributed by atoms with Crippen LogP contribution in [0.15, 0.2) is 5.16 Å². The third kappa shape index (κ3) is 5.94. The van der Waals surface area contributed by atoms with Gasteiger partial charge in [0.25, 0.3) is 0 Å². The molecule has 0 aromatic heterocycles. The zero-order valence-corrected chi connectivity index (χ0v) is 18.1. The minimum absolute atomic E-state index is 0.0289. The van der Waals surface area contributed by atoms with E-state index >= 15 is 0 Å². The Morgan fingerprint density at radius 1 is 1.07 bits per heavy atom.